The lowest BCUT2D eigenvalue weighted by atomic mass is 9.95. The molecule has 30 heavy (non-hydrogen) atoms. The highest BCUT2D eigenvalue weighted by Crippen LogP contribution is 2.38. The number of hydrogen-bond donors (Lipinski definition) is 3. The van der Waals surface area contributed by atoms with Crippen LogP contribution >= 0.6 is 34.7 Å². The van der Waals surface area contributed by atoms with E-state index in [1.165, 1.54) is 28.0 Å². The van der Waals surface area contributed by atoms with Crippen LogP contribution in [0.15, 0.2) is 29.4 Å². The maximum Gasteiger partial charge on any atom is 0.258 e. The zero-order valence-corrected chi connectivity index (χ0v) is 18.6. The molecule has 3 N–H and O–H groups in total. The number of nitrogens with zero attached hydrogens (tertiary/aromatic N) is 2. The van der Waals surface area contributed by atoms with Gasteiger partial charge in [-0.3, -0.25) is 14.7 Å². The van der Waals surface area contributed by atoms with Gasteiger partial charge in [0, 0.05) is 15.6 Å². The Hall–Kier alpha value is -2.36. The van der Waals surface area contributed by atoms with Gasteiger partial charge in [0.05, 0.1) is 11.3 Å². The number of carbonyl (C=O) groups is 2. The molecule has 2 amide bonds. The van der Waals surface area contributed by atoms with Crippen LogP contribution in [0.1, 0.15) is 39.5 Å². The molecule has 1 aromatic carbocycles. The van der Waals surface area contributed by atoms with Gasteiger partial charge in [-0.25, -0.2) is 4.98 Å². The summed E-state index contributed by atoms with van der Waals surface area (Å²) in [4.78, 5) is 31.0. The van der Waals surface area contributed by atoms with Gasteiger partial charge < -0.3 is 10.6 Å². The molecular formula is C20H20ClN5O2S2. The summed E-state index contributed by atoms with van der Waals surface area (Å²) in [7, 11) is 0. The quantitative estimate of drug-likeness (QED) is 0.462. The minimum Gasteiger partial charge on any atom is -0.322 e. The fourth-order valence-corrected chi connectivity index (χ4v) is 5.37. The summed E-state index contributed by atoms with van der Waals surface area (Å²) in [6.07, 6.45) is 3.91. The second-order valence-corrected chi connectivity index (χ2v) is 9.40. The first-order chi connectivity index (χ1) is 14.5. The fraction of sp³-hybridized carbons (Fsp3) is 0.300. The Bertz CT molecular complexity index is 1080. The molecule has 2 aromatic heterocycles. The van der Waals surface area contributed by atoms with Crippen molar-refractivity contribution in [3.63, 3.8) is 0 Å². The second kappa shape index (κ2) is 9.20. The van der Waals surface area contributed by atoms with E-state index in [2.05, 4.69) is 25.8 Å². The average molecular weight is 462 g/mol. The van der Waals surface area contributed by atoms with Gasteiger partial charge in [0.2, 0.25) is 11.1 Å². The molecule has 10 heteroatoms. The molecule has 3 aromatic rings. The summed E-state index contributed by atoms with van der Waals surface area (Å²) in [5, 5.41) is 14.4. The highest BCUT2D eigenvalue weighted by atomic mass is 35.5. The number of amides is 2. The summed E-state index contributed by atoms with van der Waals surface area (Å²) < 4.78 is 0. The third-order valence-electron chi connectivity index (χ3n) is 4.66. The molecule has 0 bridgehead atoms. The predicted molar refractivity (Wildman–Crippen MR) is 121 cm³/mol. The molecule has 0 saturated carbocycles. The topological polar surface area (TPSA) is 99.8 Å². The largest absolute Gasteiger partial charge is 0.322 e. The van der Waals surface area contributed by atoms with Crippen LogP contribution < -0.4 is 10.6 Å². The molecule has 1 aliphatic rings. The highest BCUT2D eigenvalue weighted by Gasteiger charge is 2.26. The van der Waals surface area contributed by atoms with Crippen LogP contribution in [0.2, 0.25) is 5.02 Å². The van der Waals surface area contributed by atoms with E-state index in [0.29, 0.717) is 32.3 Å². The first kappa shape index (κ1) is 20.9. The Balaban J connectivity index is 1.52. The number of thiophene rings is 1. The third kappa shape index (κ3) is 4.85. The van der Waals surface area contributed by atoms with Crippen LogP contribution in [0.3, 0.4) is 0 Å². The number of benzene rings is 1. The molecule has 0 aliphatic heterocycles. The Morgan fingerprint density at radius 3 is 2.70 bits per heavy atom. The van der Waals surface area contributed by atoms with Gasteiger partial charge in [0.25, 0.3) is 5.91 Å². The minimum absolute atomic E-state index is 0.165. The number of anilines is 2. The normalized spacial score (nSPS) is 13.0. The number of hydrogen-bond acceptors (Lipinski definition) is 6. The number of aromatic nitrogens is 3. The molecule has 2 heterocycles. The molecule has 0 fully saturated rings. The van der Waals surface area contributed by atoms with Crippen molar-refractivity contribution in [2.24, 2.45) is 0 Å². The Labute approximate surface area is 187 Å². The number of carbonyl (C=O) groups excluding carboxylic acids is 2. The maximum atomic E-state index is 13.1. The molecule has 4 rings (SSSR count). The van der Waals surface area contributed by atoms with E-state index in [4.69, 9.17) is 11.6 Å². The Morgan fingerprint density at radius 2 is 1.97 bits per heavy atom. The van der Waals surface area contributed by atoms with Gasteiger partial charge in [0.1, 0.15) is 10.8 Å². The summed E-state index contributed by atoms with van der Waals surface area (Å²) in [6.45, 7) is 1.80. The molecular weight excluding hydrogens is 442 g/mol. The summed E-state index contributed by atoms with van der Waals surface area (Å²) in [5.41, 5.74) is 2.27. The van der Waals surface area contributed by atoms with E-state index in [9.17, 15) is 9.59 Å². The first-order valence-corrected chi connectivity index (χ1v) is 11.7. The zero-order valence-electron chi connectivity index (χ0n) is 16.3. The number of halogens is 1. The van der Waals surface area contributed by atoms with Crippen molar-refractivity contribution in [1.29, 1.82) is 0 Å². The van der Waals surface area contributed by atoms with E-state index in [0.717, 1.165) is 31.2 Å². The summed E-state index contributed by atoms with van der Waals surface area (Å²) in [6, 6.07) is 6.97. The SMILES string of the molecule is Cc1nc(SCC(=O)Nc2sc3c(c2C(=O)Nc2ccc(Cl)cc2)CCCC3)n[nH]1. The fourth-order valence-electron chi connectivity index (χ4n) is 3.30. The lowest BCUT2D eigenvalue weighted by Gasteiger charge is -2.13. The maximum absolute atomic E-state index is 13.1. The van der Waals surface area contributed by atoms with Crippen LogP contribution in [-0.2, 0) is 17.6 Å². The minimum atomic E-state index is -0.218. The van der Waals surface area contributed by atoms with Gasteiger partial charge in [-0.15, -0.1) is 16.4 Å². The van der Waals surface area contributed by atoms with Crippen LogP contribution in [0, 0.1) is 6.92 Å². The standard InChI is InChI=1S/C20H20ClN5O2S2/c1-11-22-20(26-25-11)29-10-16(27)24-19-17(14-4-2-3-5-15(14)30-19)18(28)23-13-8-6-12(21)7-9-13/h6-9H,2-5,10H2,1H3,(H,23,28)(H,24,27)(H,22,25,26). The van der Waals surface area contributed by atoms with Crippen molar-refractivity contribution in [2.45, 2.75) is 37.8 Å². The van der Waals surface area contributed by atoms with E-state index >= 15 is 0 Å². The van der Waals surface area contributed by atoms with Crippen LogP contribution in [0.4, 0.5) is 10.7 Å². The van der Waals surface area contributed by atoms with Crippen molar-refractivity contribution in [1.82, 2.24) is 15.2 Å². The molecule has 0 saturated heterocycles. The van der Waals surface area contributed by atoms with Crippen LogP contribution in [-0.4, -0.2) is 32.7 Å². The van der Waals surface area contributed by atoms with Crippen molar-refractivity contribution in [2.75, 3.05) is 16.4 Å². The first-order valence-electron chi connectivity index (χ1n) is 9.52. The van der Waals surface area contributed by atoms with Gasteiger partial charge in [-0.05, 0) is 62.4 Å². The van der Waals surface area contributed by atoms with Gasteiger partial charge in [-0.1, -0.05) is 23.4 Å². The number of thioether (sulfide) groups is 1. The monoisotopic (exact) mass is 461 g/mol. The summed E-state index contributed by atoms with van der Waals surface area (Å²) >= 11 is 8.67. The zero-order chi connectivity index (χ0) is 21.1. The van der Waals surface area contributed by atoms with Gasteiger partial charge in [-0.2, -0.15) is 0 Å². The van der Waals surface area contributed by atoms with Gasteiger partial charge >= 0.3 is 0 Å². The van der Waals surface area contributed by atoms with Crippen molar-refractivity contribution in [3.05, 3.63) is 51.1 Å². The lowest BCUT2D eigenvalue weighted by molar-refractivity contribution is -0.113. The molecule has 7 nitrogen and oxygen atoms in total. The van der Waals surface area contributed by atoms with Crippen molar-refractivity contribution < 1.29 is 9.59 Å². The average Bonchev–Trinajstić information content (AvgIpc) is 3.31. The predicted octanol–water partition coefficient (Wildman–Crippen LogP) is 4.69. The van der Waals surface area contributed by atoms with Gasteiger partial charge in [0.15, 0.2) is 0 Å². The van der Waals surface area contributed by atoms with Crippen LogP contribution in [0.5, 0.6) is 0 Å². The smallest absolute Gasteiger partial charge is 0.258 e. The number of H-pyrrole nitrogens is 1. The molecule has 0 radical (unpaired) electrons. The number of fused-ring (bicyclic) bond motifs is 1. The summed E-state index contributed by atoms with van der Waals surface area (Å²) in [5.74, 6) is 0.453. The van der Waals surface area contributed by atoms with Crippen LogP contribution in [0.25, 0.3) is 0 Å². The molecule has 0 atom stereocenters. The highest BCUT2D eigenvalue weighted by molar-refractivity contribution is 7.99. The lowest BCUT2D eigenvalue weighted by Crippen LogP contribution is -2.19. The molecule has 156 valence electrons. The molecule has 0 spiro atoms. The molecule has 1 aliphatic carbocycles. The van der Waals surface area contributed by atoms with E-state index < -0.39 is 0 Å². The van der Waals surface area contributed by atoms with E-state index in [-0.39, 0.29) is 17.6 Å². The molecule has 0 unspecified atom stereocenters. The number of nitrogens with one attached hydrogen (secondary N) is 3. The van der Waals surface area contributed by atoms with Crippen molar-refractivity contribution in [3.8, 4) is 0 Å². The Kier molecular flexibility index (Phi) is 6.40. The number of aromatic amines is 1. The van der Waals surface area contributed by atoms with E-state index in [1.807, 2.05) is 0 Å². The number of aryl methyl sites for hydroxylation is 2. The van der Waals surface area contributed by atoms with Crippen molar-refractivity contribution >= 4 is 57.2 Å². The van der Waals surface area contributed by atoms with E-state index in [1.54, 1.807) is 31.2 Å². The second-order valence-electron chi connectivity index (χ2n) is 6.92. The Morgan fingerprint density at radius 1 is 1.20 bits per heavy atom. The third-order valence-corrected chi connectivity index (χ3v) is 6.97. The number of rotatable bonds is 6.